The fourth-order valence-corrected chi connectivity index (χ4v) is 8.73. The number of rotatable bonds is 4. The Morgan fingerprint density at radius 1 is 0.431 bits per heavy atom. The minimum absolute atomic E-state index is 0.562. The smallest absolute Gasteiger partial charge is 0.238 e. The van der Waals surface area contributed by atoms with Gasteiger partial charge < -0.3 is 0 Å². The van der Waals surface area contributed by atoms with Crippen LogP contribution in [-0.2, 0) is 0 Å². The Labute approximate surface area is 295 Å². The van der Waals surface area contributed by atoms with Gasteiger partial charge in [0.2, 0.25) is 5.95 Å². The summed E-state index contributed by atoms with van der Waals surface area (Å²) in [5, 5.41) is 6.96. The van der Waals surface area contributed by atoms with Gasteiger partial charge in [-0.1, -0.05) is 109 Å². The number of pyridine rings is 1. The van der Waals surface area contributed by atoms with Crippen LogP contribution >= 0.6 is 11.3 Å². The van der Waals surface area contributed by atoms with Crippen molar-refractivity contribution in [2.45, 2.75) is 0 Å². The third-order valence-corrected chi connectivity index (χ3v) is 11.0. The number of nitrogens with zero attached hydrogens (tertiary/aromatic N) is 6. The summed E-state index contributed by atoms with van der Waals surface area (Å²) >= 11 is 1.79. The molecule has 0 amide bonds. The molecule has 0 radical (unpaired) electrons. The molecule has 7 heteroatoms. The molecule has 0 N–H and O–H groups in total. The predicted molar refractivity (Wildman–Crippen MR) is 210 cm³/mol. The van der Waals surface area contributed by atoms with E-state index in [0.717, 1.165) is 60.6 Å². The van der Waals surface area contributed by atoms with Gasteiger partial charge in [-0.05, 0) is 42.5 Å². The summed E-state index contributed by atoms with van der Waals surface area (Å²) in [4.78, 5) is 20.6. The minimum Gasteiger partial charge on any atom is -0.292 e. The lowest BCUT2D eigenvalue weighted by Gasteiger charge is -2.13. The number of benzene rings is 6. The topological polar surface area (TPSA) is 61.4 Å². The lowest BCUT2D eigenvalue weighted by molar-refractivity contribution is 0.953. The Hall–Kier alpha value is -6.70. The molecule has 0 atom stereocenters. The van der Waals surface area contributed by atoms with Gasteiger partial charge in [-0.25, -0.2) is 9.97 Å². The van der Waals surface area contributed by atoms with E-state index in [1.807, 2.05) is 36.5 Å². The lowest BCUT2D eigenvalue weighted by atomic mass is 10.1. The molecule has 11 rings (SSSR count). The highest BCUT2D eigenvalue weighted by Gasteiger charge is 2.24. The van der Waals surface area contributed by atoms with Gasteiger partial charge in [0, 0.05) is 64.7 Å². The van der Waals surface area contributed by atoms with Gasteiger partial charge >= 0.3 is 0 Å². The van der Waals surface area contributed by atoms with Crippen molar-refractivity contribution in [2.75, 3.05) is 0 Å². The summed E-state index contributed by atoms with van der Waals surface area (Å²) in [7, 11) is 0. The molecule has 5 aromatic heterocycles. The highest BCUT2D eigenvalue weighted by Crippen LogP contribution is 2.41. The van der Waals surface area contributed by atoms with Crippen LogP contribution in [0.25, 0.3) is 98.3 Å². The van der Waals surface area contributed by atoms with Gasteiger partial charge in [0.25, 0.3) is 0 Å². The van der Waals surface area contributed by atoms with Crippen LogP contribution in [0.5, 0.6) is 0 Å². The average molecular weight is 671 g/mol. The number of thiophene rings is 1. The van der Waals surface area contributed by atoms with Crippen molar-refractivity contribution in [2.24, 2.45) is 0 Å². The number of fused-ring (bicyclic) bond motifs is 10. The monoisotopic (exact) mass is 670 g/mol. The molecule has 0 spiro atoms. The van der Waals surface area contributed by atoms with Gasteiger partial charge in [0.1, 0.15) is 5.65 Å². The molecule has 11 aromatic rings. The number of aromatic nitrogens is 6. The maximum absolute atomic E-state index is 5.32. The van der Waals surface area contributed by atoms with Gasteiger partial charge in [-0.15, -0.1) is 11.3 Å². The molecule has 0 aliphatic heterocycles. The summed E-state index contributed by atoms with van der Waals surface area (Å²) in [6, 6.07) is 52.9. The Morgan fingerprint density at radius 2 is 1.06 bits per heavy atom. The van der Waals surface area contributed by atoms with E-state index in [4.69, 9.17) is 19.9 Å². The molecule has 51 heavy (non-hydrogen) atoms. The third-order valence-electron chi connectivity index (χ3n) is 9.83. The van der Waals surface area contributed by atoms with Gasteiger partial charge in [-0.2, -0.15) is 9.97 Å². The van der Waals surface area contributed by atoms with E-state index >= 15 is 0 Å². The van der Waals surface area contributed by atoms with Crippen molar-refractivity contribution in [1.29, 1.82) is 0 Å². The van der Waals surface area contributed by atoms with Crippen molar-refractivity contribution in [1.82, 2.24) is 29.1 Å². The predicted octanol–water partition coefficient (Wildman–Crippen LogP) is 11.2. The summed E-state index contributed by atoms with van der Waals surface area (Å²) in [5.74, 6) is 1.81. The lowest BCUT2D eigenvalue weighted by Crippen LogP contribution is -2.07. The molecule has 5 heterocycles. The van der Waals surface area contributed by atoms with Crippen LogP contribution in [0.1, 0.15) is 0 Å². The molecule has 0 saturated carbocycles. The second-order valence-corrected chi connectivity index (χ2v) is 13.8. The SMILES string of the molecule is c1ccc(-c2nc(-c3ccc4c(c3)sc3ccccc34)nc(-n3c4ccccc4c4ccc5c6cccnc6n(-c6ccccc6)c5c43)n2)cc1. The van der Waals surface area contributed by atoms with Crippen molar-refractivity contribution in [3.63, 3.8) is 0 Å². The molecule has 238 valence electrons. The van der Waals surface area contributed by atoms with E-state index in [-0.39, 0.29) is 0 Å². The Bertz CT molecular complexity index is 3140. The van der Waals surface area contributed by atoms with E-state index in [1.165, 1.54) is 20.2 Å². The normalized spacial score (nSPS) is 11.9. The summed E-state index contributed by atoms with van der Waals surface area (Å²) < 4.78 is 6.97. The van der Waals surface area contributed by atoms with Gasteiger partial charge in [-0.3, -0.25) is 9.13 Å². The fourth-order valence-electron chi connectivity index (χ4n) is 7.59. The van der Waals surface area contributed by atoms with Gasteiger partial charge in [0.15, 0.2) is 11.6 Å². The quantitative estimate of drug-likeness (QED) is 0.187. The Morgan fingerprint density at radius 3 is 1.90 bits per heavy atom. The summed E-state index contributed by atoms with van der Waals surface area (Å²) in [6.45, 7) is 0. The molecular formula is C44H26N6S. The van der Waals surface area contributed by atoms with Crippen LogP contribution in [0, 0.1) is 0 Å². The van der Waals surface area contributed by atoms with Crippen molar-refractivity contribution >= 4 is 75.3 Å². The first-order valence-corrected chi connectivity index (χ1v) is 17.7. The number of hydrogen-bond acceptors (Lipinski definition) is 5. The standard InChI is InChI=1S/C44H26N6S/c1-3-12-27(13-4-1)41-46-42(28-21-22-32-31-17-8-10-20-37(31)51-38(32)26-28)48-44(47-41)50-36-19-9-7-16-30(36)33-23-24-34-35-18-11-25-45-43(35)49(39(34)40(33)50)29-14-5-2-6-15-29/h1-26H. The molecule has 0 saturated heterocycles. The van der Waals surface area contributed by atoms with Crippen molar-refractivity contribution in [3.8, 4) is 34.4 Å². The summed E-state index contributed by atoms with van der Waals surface area (Å²) in [5.41, 5.74) is 6.92. The Balaban J connectivity index is 1.27. The van der Waals surface area contributed by atoms with Crippen molar-refractivity contribution in [3.05, 3.63) is 158 Å². The van der Waals surface area contributed by atoms with E-state index in [9.17, 15) is 0 Å². The number of para-hydroxylation sites is 2. The highest BCUT2D eigenvalue weighted by atomic mass is 32.1. The maximum Gasteiger partial charge on any atom is 0.238 e. The summed E-state index contributed by atoms with van der Waals surface area (Å²) in [6.07, 6.45) is 1.87. The number of hydrogen-bond donors (Lipinski definition) is 0. The van der Waals surface area contributed by atoms with Crippen LogP contribution in [-0.4, -0.2) is 29.1 Å². The molecule has 0 bridgehead atoms. The zero-order valence-electron chi connectivity index (χ0n) is 27.1. The van der Waals surface area contributed by atoms with Crippen LogP contribution in [0.15, 0.2) is 158 Å². The van der Waals surface area contributed by atoms with Crippen LogP contribution in [0.3, 0.4) is 0 Å². The van der Waals surface area contributed by atoms with Crippen LogP contribution < -0.4 is 0 Å². The molecule has 0 aliphatic rings. The molecule has 0 fully saturated rings. The van der Waals surface area contributed by atoms with E-state index in [1.54, 1.807) is 11.3 Å². The molecule has 0 unspecified atom stereocenters. The van der Waals surface area contributed by atoms with E-state index in [0.29, 0.717) is 17.6 Å². The molecule has 0 aliphatic carbocycles. The van der Waals surface area contributed by atoms with Crippen molar-refractivity contribution < 1.29 is 0 Å². The molecule has 6 aromatic carbocycles. The van der Waals surface area contributed by atoms with Gasteiger partial charge in [0.05, 0.1) is 16.6 Å². The zero-order chi connectivity index (χ0) is 33.5. The molecule has 6 nitrogen and oxygen atoms in total. The fraction of sp³-hybridized carbons (Fsp3) is 0. The first-order valence-electron chi connectivity index (χ1n) is 16.9. The van der Waals surface area contributed by atoms with E-state index < -0.39 is 0 Å². The molecular weight excluding hydrogens is 645 g/mol. The highest BCUT2D eigenvalue weighted by molar-refractivity contribution is 7.25. The minimum atomic E-state index is 0.562. The largest absolute Gasteiger partial charge is 0.292 e. The average Bonchev–Trinajstić information content (AvgIpc) is 3.86. The second kappa shape index (κ2) is 10.9. The first kappa shape index (κ1) is 28.2. The Kier molecular flexibility index (Phi) is 6.02. The zero-order valence-corrected chi connectivity index (χ0v) is 27.9. The van der Waals surface area contributed by atoms with Crippen LogP contribution in [0.2, 0.25) is 0 Å². The van der Waals surface area contributed by atoms with Crippen LogP contribution in [0.4, 0.5) is 0 Å². The maximum atomic E-state index is 5.32. The third kappa shape index (κ3) is 4.22. The second-order valence-electron chi connectivity index (χ2n) is 12.7. The first-order chi connectivity index (χ1) is 25.3. The van der Waals surface area contributed by atoms with E-state index in [2.05, 4.69) is 130 Å².